The molecule has 1 aliphatic heterocycles. The van der Waals surface area contributed by atoms with Crippen LogP contribution in [-0.2, 0) is 9.47 Å². The van der Waals surface area contributed by atoms with E-state index in [1.807, 2.05) is 0 Å². The van der Waals surface area contributed by atoms with Crippen LogP contribution < -0.4 is 0 Å². The molecule has 9 atom stereocenters. The first-order valence-electron chi connectivity index (χ1n) is 7.00. The van der Waals surface area contributed by atoms with Gasteiger partial charge in [-0.2, -0.15) is 0 Å². The van der Waals surface area contributed by atoms with Crippen molar-refractivity contribution in [3.05, 3.63) is 0 Å². The lowest BCUT2D eigenvalue weighted by Gasteiger charge is -2.42. The SMILES string of the molecule is OCC(O)C(O)[C@H](O[C@H]1OC(CO)C(O)C(O)C1O)[C@H](O)CO. The fraction of sp³-hybridized carbons (Fsp3) is 1.00. The molecule has 0 aromatic heterocycles. The Morgan fingerprint density at radius 2 is 1.39 bits per heavy atom. The maximum Gasteiger partial charge on any atom is 0.187 e. The maximum absolute atomic E-state index is 9.83. The molecule has 0 amide bonds. The van der Waals surface area contributed by atoms with Gasteiger partial charge in [-0.05, 0) is 0 Å². The van der Waals surface area contributed by atoms with E-state index in [1.54, 1.807) is 0 Å². The highest BCUT2D eigenvalue weighted by Crippen LogP contribution is 2.24. The topological polar surface area (TPSA) is 201 Å². The molecule has 0 aromatic carbocycles. The molecule has 1 aliphatic rings. The van der Waals surface area contributed by atoms with Gasteiger partial charge in [0, 0.05) is 0 Å². The predicted octanol–water partition coefficient (Wildman–Crippen LogP) is -5.76. The van der Waals surface area contributed by atoms with Crippen molar-refractivity contribution in [2.24, 2.45) is 0 Å². The average molecular weight is 344 g/mol. The fourth-order valence-electron chi connectivity index (χ4n) is 2.16. The van der Waals surface area contributed by atoms with Crippen LogP contribution in [0.2, 0.25) is 0 Å². The molecular weight excluding hydrogens is 320 g/mol. The summed E-state index contributed by atoms with van der Waals surface area (Å²) in [4.78, 5) is 0. The lowest BCUT2D eigenvalue weighted by atomic mass is 9.98. The summed E-state index contributed by atoms with van der Waals surface area (Å²) < 4.78 is 10.1. The lowest BCUT2D eigenvalue weighted by Crippen LogP contribution is -2.61. The second-order valence-corrected chi connectivity index (χ2v) is 5.29. The summed E-state index contributed by atoms with van der Waals surface area (Å²) in [5.41, 5.74) is 0. The number of ether oxygens (including phenoxy) is 2. The van der Waals surface area contributed by atoms with E-state index < -0.39 is 74.9 Å². The molecule has 0 spiro atoms. The van der Waals surface area contributed by atoms with Gasteiger partial charge in [-0.25, -0.2) is 0 Å². The van der Waals surface area contributed by atoms with Crippen molar-refractivity contribution in [3.8, 4) is 0 Å². The Labute approximate surface area is 131 Å². The Hall–Kier alpha value is -0.440. The third kappa shape index (κ3) is 4.78. The van der Waals surface area contributed by atoms with E-state index in [4.69, 9.17) is 24.8 Å². The van der Waals surface area contributed by atoms with Gasteiger partial charge in [0.2, 0.25) is 0 Å². The molecule has 0 aliphatic carbocycles. The summed E-state index contributed by atoms with van der Waals surface area (Å²) >= 11 is 0. The zero-order chi connectivity index (χ0) is 17.7. The third-order valence-electron chi connectivity index (χ3n) is 3.62. The van der Waals surface area contributed by atoms with E-state index in [-0.39, 0.29) is 0 Å². The zero-order valence-corrected chi connectivity index (χ0v) is 12.2. The van der Waals surface area contributed by atoms with Crippen LogP contribution >= 0.6 is 0 Å². The molecule has 6 unspecified atom stereocenters. The van der Waals surface area contributed by atoms with Gasteiger partial charge < -0.3 is 55.4 Å². The smallest absolute Gasteiger partial charge is 0.187 e. The van der Waals surface area contributed by atoms with Gasteiger partial charge in [-0.15, -0.1) is 0 Å². The minimum Gasteiger partial charge on any atom is -0.394 e. The lowest BCUT2D eigenvalue weighted by molar-refractivity contribution is -0.327. The molecule has 11 heteroatoms. The molecule has 0 radical (unpaired) electrons. The molecule has 0 saturated carbocycles. The highest BCUT2D eigenvalue weighted by molar-refractivity contribution is 4.91. The molecule has 11 nitrogen and oxygen atoms in total. The van der Waals surface area contributed by atoms with Crippen molar-refractivity contribution < 1.29 is 55.4 Å². The largest absolute Gasteiger partial charge is 0.394 e. The van der Waals surface area contributed by atoms with Gasteiger partial charge in [0.05, 0.1) is 19.8 Å². The molecule has 1 heterocycles. The quantitative estimate of drug-likeness (QED) is 0.203. The molecule has 1 rings (SSSR count). The van der Waals surface area contributed by atoms with Crippen molar-refractivity contribution in [1.82, 2.24) is 0 Å². The second kappa shape index (κ2) is 9.15. The molecule has 0 aromatic rings. The van der Waals surface area contributed by atoms with E-state index in [0.717, 1.165) is 0 Å². The van der Waals surface area contributed by atoms with E-state index in [0.29, 0.717) is 0 Å². The third-order valence-corrected chi connectivity index (χ3v) is 3.62. The highest BCUT2D eigenvalue weighted by atomic mass is 16.7. The fourth-order valence-corrected chi connectivity index (χ4v) is 2.16. The molecule has 0 bridgehead atoms. The first kappa shape index (κ1) is 20.6. The van der Waals surface area contributed by atoms with Gasteiger partial charge >= 0.3 is 0 Å². The first-order valence-corrected chi connectivity index (χ1v) is 7.00. The van der Waals surface area contributed by atoms with E-state index in [2.05, 4.69) is 0 Å². The summed E-state index contributed by atoms with van der Waals surface area (Å²) in [5, 5.41) is 84.9. The van der Waals surface area contributed by atoms with Crippen molar-refractivity contribution >= 4 is 0 Å². The van der Waals surface area contributed by atoms with Crippen LogP contribution in [0.15, 0.2) is 0 Å². The first-order chi connectivity index (χ1) is 10.8. The minimum atomic E-state index is -1.85. The minimum absolute atomic E-state index is 0.708. The van der Waals surface area contributed by atoms with Crippen molar-refractivity contribution in [2.45, 2.75) is 55.1 Å². The zero-order valence-electron chi connectivity index (χ0n) is 12.2. The van der Waals surface area contributed by atoms with Gasteiger partial charge in [-0.3, -0.25) is 0 Å². The Morgan fingerprint density at radius 3 is 1.87 bits per heavy atom. The number of aliphatic hydroxyl groups is 9. The van der Waals surface area contributed by atoms with Gasteiger partial charge in [0.25, 0.3) is 0 Å². The molecule has 138 valence electrons. The highest BCUT2D eigenvalue weighted by Gasteiger charge is 2.46. The number of hydrogen-bond donors (Lipinski definition) is 9. The summed E-state index contributed by atoms with van der Waals surface area (Å²) in [6.45, 7) is -2.45. The monoisotopic (exact) mass is 344 g/mol. The summed E-state index contributed by atoms with van der Waals surface area (Å²) in [7, 11) is 0. The normalized spacial score (nSPS) is 37.2. The molecule has 1 saturated heterocycles. The van der Waals surface area contributed by atoms with Crippen LogP contribution in [0, 0.1) is 0 Å². The number of rotatable bonds is 8. The van der Waals surface area contributed by atoms with Crippen LogP contribution in [0.25, 0.3) is 0 Å². The van der Waals surface area contributed by atoms with Gasteiger partial charge in [0.15, 0.2) is 6.29 Å². The number of hydrogen-bond acceptors (Lipinski definition) is 11. The van der Waals surface area contributed by atoms with Crippen molar-refractivity contribution in [3.63, 3.8) is 0 Å². The summed E-state index contributed by atoms with van der Waals surface area (Å²) in [6, 6.07) is 0. The molecule has 1 fully saturated rings. The molecule has 23 heavy (non-hydrogen) atoms. The Bertz CT molecular complexity index is 341. The standard InChI is InChI=1S/C12H24O11/c13-1-4(16)7(18)11(5(17)2-14)23-12-10(21)9(20)8(19)6(3-15)22-12/h4-21H,1-3H2/t4?,5-,6?,7?,8?,9?,10?,11-,12-/m1/s1. The Balaban J connectivity index is 2.89. The molecule has 9 N–H and O–H groups in total. The Morgan fingerprint density at radius 1 is 0.826 bits per heavy atom. The van der Waals surface area contributed by atoms with Crippen molar-refractivity contribution in [1.29, 1.82) is 0 Å². The van der Waals surface area contributed by atoms with E-state index >= 15 is 0 Å². The average Bonchev–Trinajstić information content (AvgIpc) is 2.57. The van der Waals surface area contributed by atoms with Gasteiger partial charge in [0.1, 0.15) is 48.8 Å². The molecular formula is C12H24O11. The number of aliphatic hydroxyl groups excluding tert-OH is 9. The van der Waals surface area contributed by atoms with Crippen LogP contribution in [0.3, 0.4) is 0 Å². The summed E-state index contributed by atoms with van der Waals surface area (Å²) in [5.74, 6) is 0. The predicted molar refractivity (Wildman–Crippen MR) is 70.8 cm³/mol. The van der Waals surface area contributed by atoms with Crippen LogP contribution in [0.4, 0.5) is 0 Å². The van der Waals surface area contributed by atoms with E-state index in [9.17, 15) is 30.6 Å². The van der Waals surface area contributed by atoms with Crippen LogP contribution in [0.1, 0.15) is 0 Å². The second-order valence-electron chi connectivity index (χ2n) is 5.29. The maximum atomic E-state index is 9.83. The van der Waals surface area contributed by atoms with Crippen molar-refractivity contribution in [2.75, 3.05) is 19.8 Å². The Kier molecular flexibility index (Phi) is 8.20. The summed E-state index contributed by atoms with van der Waals surface area (Å²) in [6.07, 6.45) is -15.1. The van der Waals surface area contributed by atoms with Gasteiger partial charge in [-0.1, -0.05) is 0 Å². The van der Waals surface area contributed by atoms with Crippen LogP contribution in [-0.4, -0.2) is 121 Å². The van der Waals surface area contributed by atoms with E-state index in [1.165, 1.54) is 0 Å². The van der Waals surface area contributed by atoms with Crippen LogP contribution in [0.5, 0.6) is 0 Å².